The van der Waals surface area contributed by atoms with Gasteiger partial charge in [-0.3, -0.25) is 0 Å². The van der Waals surface area contributed by atoms with Crippen LogP contribution in [0, 0.1) is 0 Å². The second-order valence-electron chi connectivity index (χ2n) is 4.88. The van der Waals surface area contributed by atoms with Crippen molar-refractivity contribution in [3.63, 3.8) is 0 Å². The Morgan fingerprint density at radius 2 is 1.89 bits per heavy atom. The molecule has 1 N–H and O–H groups in total. The third-order valence-electron chi connectivity index (χ3n) is 3.42. The van der Waals surface area contributed by atoms with Crippen molar-refractivity contribution in [1.82, 2.24) is 4.90 Å². The molecule has 0 saturated carbocycles. The van der Waals surface area contributed by atoms with Gasteiger partial charge in [0.15, 0.2) is 0 Å². The molecule has 2 rings (SSSR count). The van der Waals surface area contributed by atoms with Crippen LogP contribution in [0.25, 0.3) is 9.75 Å². The van der Waals surface area contributed by atoms with Crippen molar-refractivity contribution in [2.45, 2.75) is 26.4 Å². The number of aliphatic hydroxyl groups is 1. The molecule has 19 heavy (non-hydrogen) atoms. The molecular formula is C15H21NOS2. The molecule has 2 aromatic heterocycles. The van der Waals surface area contributed by atoms with Crippen LogP contribution >= 0.6 is 22.7 Å². The third kappa shape index (κ3) is 3.26. The number of hydrogen-bond donors (Lipinski definition) is 1. The molecule has 1 atom stereocenters. The average Bonchev–Trinajstić information content (AvgIpc) is 3.04. The molecule has 0 amide bonds. The summed E-state index contributed by atoms with van der Waals surface area (Å²) in [6, 6.07) is 6.24. The first kappa shape index (κ1) is 14.7. The predicted octanol–water partition coefficient (Wildman–Crippen LogP) is 4.03. The van der Waals surface area contributed by atoms with E-state index in [4.69, 9.17) is 0 Å². The van der Waals surface area contributed by atoms with E-state index in [1.807, 2.05) is 6.92 Å². The van der Waals surface area contributed by atoms with Crippen molar-refractivity contribution in [3.05, 3.63) is 34.5 Å². The first-order chi connectivity index (χ1) is 9.08. The lowest BCUT2D eigenvalue weighted by Gasteiger charge is -2.30. The van der Waals surface area contributed by atoms with E-state index in [0.717, 1.165) is 18.7 Å². The summed E-state index contributed by atoms with van der Waals surface area (Å²) in [7, 11) is 0. The SMILES string of the molecule is CCN(CC)CC(C)(O)c1ccsc1-c1cccs1. The number of hydrogen-bond acceptors (Lipinski definition) is 4. The average molecular weight is 295 g/mol. The molecule has 0 radical (unpaired) electrons. The summed E-state index contributed by atoms with van der Waals surface area (Å²) in [5.74, 6) is 0. The highest BCUT2D eigenvalue weighted by molar-refractivity contribution is 7.20. The van der Waals surface area contributed by atoms with Crippen LogP contribution < -0.4 is 0 Å². The van der Waals surface area contributed by atoms with Crippen LogP contribution in [-0.4, -0.2) is 29.6 Å². The fourth-order valence-corrected chi connectivity index (χ4v) is 4.21. The van der Waals surface area contributed by atoms with Crippen LogP contribution in [0.4, 0.5) is 0 Å². The van der Waals surface area contributed by atoms with Crippen molar-refractivity contribution in [2.75, 3.05) is 19.6 Å². The second-order valence-corrected chi connectivity index (χ2v) is 6.74. The van der Waals surface area contributed by atoms with Crippen LogP contribution in [0.1, 0.15) is 26.3 Å². The van der Waals surface area contributed by atoms with E-state index in [2.05, 4.69) is 47.7 Å². The molecule has 0 fully saturated rings. The Bertz CT molecular complexity index is 498. The standard InChI is InChI=1S/C15H21NOS2/c1-4-16(5-2)11-15(3,17)12-8-10-19-14(12)13-7-6-9-18-13/h6-10,17H,4-5,11H2,1-3H3. The molecule has 0 bridgehead atoms. The lowest BCUT2D eigenvalue weighted by molar-refractivity contribution is 0.0196. The molecule has 0 aromatic carbocycles. The Balaban J connectivity index is 2.28. The fourth-order valence-electron chi connectivity index (χ4n) is 2.30. The molecule has 0 aliphatic rings. The van der Waals surface area contributed by atoms with E-state index < -0.39 is 5.60 Å². The lowest BCUT2D eigenvalue weighted by atomic mass is 9.95. The first-order valence-corrected chi connectivity index (χ1v) is 8.41. The van der Waals surface area contributed by atoms with Gasteiger partial charge in [-0.2, -0.15) is 0 Å². The molecule has 0 spiro atoms. The molecule has 4 heteroatoms. The van der Waals surface area contributed by atoms with Gasteiger partial charge in [0.2, 0.25) is 0 Å². The summed E-state index contributed by atoms with van der Waals surface area (Å²) in [6.45, 7) is 8.79. The van der Waals surface area contributed by atoms with Gasteiger partial charge in [0.05, 0.1) is 4.88 Å². The van der Waals surface area contributed by atoms with Crippen LogP contribution in [0.2, 0.25) is 0 Å². The highest BCUT2D eigenvalue weighted by atomic mass is 32.1. The quantitative estimate of drug-likeness (QED) is 0.870. The van der Waals surface area contributed by atoms with Gasteiger partial charge in [-0.05, 0) is 42.9 Å². The van der Waals surface area contributed by atoms with Gasteiger partial charge in [0, 0.05) is 17.0 Å². The third-order valence-corrected chi connectivity index (χ3v) is 5.38. The van der Waals surface area contributed by atoms with Gasteiger partial charge in [-0.25, -0.2) is 0 Å². The van der Waals surface area contributed by atoms with Crippen LogP contribution in [0.5, 0.6) is 0 Å². The first-order valence-electron chi connectivity index (χ1n) is 6.65. The maximum absolute atomic E-state index is 10.9. The van der Waals surface area contributed by atoms with Crippen molar-refractivity contribution in [3.8, 4) is 9.75 Å². The summed E-state index contributed by atoms with van der Waals surface area (Å²) >= 11 is 3.44. The molecular weight excluding hydrogens is 274 g/mol. The molecule has 1 unspecified atom stereocenters. The highest BCUT2D eigenvalue weighted by Gasteiger charge is 2.29. The van der Waals surface area contributed by atoms with Crippen molar-refractivity contribution in [2.24, 2.45) is 0 Å². The highest BCUT2D eigenvalue weighted by Crippen LogP contribution is 2.38. The minimum atomic E-state index is -0.800. The summed E-state index contributed by atoms with van der Waals surface area (Å²) < 4.78 is 0. The van der Waals surface area contributed by atoms with Gasteiger partial charge in [0.1, 0.15) is 5.60 Å². The van der Waals surface area contributed by atoms with Crippen LogP contribution in [-0.2, 0) is 5.60 Å². The van der Waals surface area contributed by atoms with E-state index in [-0.39, 0.29) is 0 Å². The van der Waals surface area contributed by atoms with E-state index >= 15 is 0 Å². The number of nitrogens with zero attached hydrogens (tertiary/aromatic N) is 1. The minimum Gasteiger partial charge on any atom is -0.384 e. The molecule has 0 saturated heterocycles. The van der Waals surface area contributed by atoms with Crippen molar-refractivity contribution in [1.29, 1.82) is 0 Å². The normalized spacial score (nSPS) is 14.8. The molecule has 0 aliphatic carbocycles. The molecule has 2 nitrogen and oxygen atoms in total. The largest absolute Gasteiger partial charge is 0.384 e. The van der Waals surface area contributed by atoms with Gasteiger partial charge >= 0.3 is 0 Å². The fraction of sp³-hybridized carbons (Fsp3) is 0.467. The Labute approximate surface area is 123 Å². The number of thiophene rings is 2. The zero-order chi connectivity index (χ0) is 13.9. The Hall–Kier alpha value is -0.680. The summed E-state index contributed by atoms with van der Waals surface area (Å²) in [5.41, 5.74) is 0.248. The number of rotatable bonds is 6. The maximum Gasteiger partial charge on any atom is 0.101 e. The Morgan fingerprint density at radius 3 is 2.47 bits per heavy atom. The Kier molecular flexibility index (Phi) is 4.79. The van der Waals surface area contributed by atoms with Gasteiger partial charge in [-0.15, -0.1) is 22.7 Å². The minimum absolute atomic E-state index is 0.676. The molecule has 2 aromatic rings. The van der Waals surface area contributed by atoms with E-state index in [1.54, 1.807) is 22.7 Å². The second kappa shape index (κ2) is 6.18. The molecule has 104 valence electrons. The van der Waals surface area contributed by atoms with Crippen LogP contribution in [0.3, 0.4) is 0 Å². The van der Waals surface area contributed by atoms with Crippen LogP contribution in [0.15, 0.2) is 29.0 Å². The van der Waals surface area contributed by atoms with Crippen molar-refractivity contribution < 1.29 is 5.11 Å². The maximum atomic E-state index is 10.9. The van der Waals surface area contributed by atoms with E-state index in [1.165, 1.54) is 9.75 Å². The lowest BCUT2D eigenvalue weighted by Crippen LogP contribution is -2.38. The summed E-state index contributed by atoms with van der Waals surface area (Å²) in [4.78, 5) is 4.70. The predicted molar refractivity (Wildman–Crippen MR) is 85.0 cm³/mol. The Morgan fingerprint density at radius 1 is 1.16 bits per heavy atom. The zero-order valence-electron chi connectivity index (χ0n) is 11.7. The zero-order valence-corrected chi connectivity index (χ0v) is 13.4. The van der Waals surface area contributed by atoms with E-state index in [9.17, 15) is 5.11 Å². The monoisotopic (exact) mass is 295 g/mol. The summed E-state index contributed by atoms with van der Waals surface area (Å²) in [5, 5.41) is 15.0. The number of likely N-dealkylation sites (N-methyl/N-ethyl adjacent to an activating group) is 1. The molecule has 0 aliphatic heterocycles. The van der Waals surface area contributed by atoms with Gasteiger partial charge < -0.3 is 10.0 Å². The topological polar surface area (TPSA) is 23.5 Å². The van der Waals surface area contributed by atoms with E-state index in [0.29, 0.717) is 6.54 Å². The van der Waals surface area contributed by atoms with Crippen molar-refractivity contribution >= 4 is 22.7 Å². The van der Waals surface area contributed by atoms with Gasteiger partial charge in [0.25, 0.3) is 0 Å². The molecule has 2 heterocycles. The van der Waals surface area contributed by atoms with Gasteiger partial charge in [-0.1, -0.05) is 19.9 Å². The summed E-state index contributed by atoms with van der Waals surface area (Å²) in [6.07, 6.45) is 0. The smallest absolute Gasteiger partial charge is 0.101 e.